The van der Waals surface area contributed by atoms with Gasteiger partial charge in [0.25, 0.3) is 5.91 Å². The molecule has 0 aromatic carbocycles. The van der Waals surface area contributed by atoms with Crippen LogP contribution in [0.3, 0.4) is 0 Å². The molecule has 1 heterocycles. The lowest BCUT2D eigenvalue weighted by molar-refractivity contribution is 0.0925. The van der Waals surface area contributed by atoms with Crippen molar-refractivity contribution < 1.29 is 4.79 Å². The van der Waals surface area contributed by atoms with E-state index in [0.717, 1.165) is 19.4 Å². The number of nitrogens with zero attached hydrogens (tertiary/aromatic N) is 2. The molecule has 5 nitrogen and oxygen atoms in total. The topological polar surface area (TPSA) is 72.9 Å². The number of amides is 1. The van der Waals surface area contributed by atoms with E-state index in [4.69, 9.17) is 5.73 Å². The van der Waals surface area contributed by atoms with Crippen LogP contribution in [0.25, 0.3) is 0 Å². The summed E-state index contributed by atoms with van der Waals surface area (Å²) in [4.78, 5) is 12.2. The average molecular weight is 264 g/mol. The number of carbonyl (C=O) groups excluding carboxylic acids is 1. The van der Waals surface area contributed by atoms with Crippen molar-refractivity contribution in [2.75, 3.05) is 5.73 Å². The molecule has 1 saturated carbocycles. The van der Waals surface area contributed by atoms with E-state index in [2.05, 4.69) is 10.4 Å². The largest absolute Gasteiger partial charge is 0.396 e. The van der Waals surface area contributed by atoms with E-state index in [1.165, 1.54) is 32.1 Å². The fraction of sp³-hybridized carbons (Fsp3) is 0.714. The highest BCUT2D eigenvalue weighted by Crippen LogP contribution is 2.18. The Bertz CT molecular complexity index is 419. The lowest BCUT2D eigenvalue weighted by Crippen LogP contribution is -2.35. The monoisotopic (exact) mass is 264 g/mol. The van der Waals surface area contributed by atoms with Crippen molar-refractivity contribution in [1.29, 1.82) is 0 Å². The molecule has 19 heavy (non-hydrogen) atoms. The first-order valence-electron chi connectivity index (χ1n) is 7.34. The van der Waals surface area contributed by atoms with Crippen molar-refractivity contribution in [2.45, 2.75) is 64.5 Å². The number of hydrogen-bond donors (Lipinski definition) is 2. The van der Waals surface area contributed by atoms with Crippen LogP contribution in [0.1, 0.15) is 62.4 Å². The number of nitrogen functional groups attached to an aromatic ring is 1. The minimum atomic E-state index is -0.129. The molecule has 0 unspecified atom stereocenters. The van der Waals surface area contributed by atoms with E-state index in [9.17, 15) is 4.79 Å². The van der Waals surface area contributed by atoms with Crippen molar-refractivity contribution in [1.82, 2.24) is 15.1 Å². The molecule has 1 amide bonds. The van der Waals surface area contributed by atoms with E-state index in [0.29, 0.717) is 11.4 Å². The van der Waals surface area contributed by atoms with E-state index in [1.54, 1.807) is 10.9 Å². The lowest BCUT2D eigenvalue weighted by Gasteiger charge is -2.20. The smallest absolute Gasteiger partial charge is 0.274 e. The van der Waals surface area contributed by atoms with Gasteiger partial charge in [-0.15, -0.1) is 0 Å². The molecule has 0 saturated heterocycles. The Hall–Kier alpha value is -1.52. The van der Waals surface area contributed by atoms with E-state index in [1.807, 2.05) is 6.92 Å². The van der Waals surface area contributed by atoms with Gasteiger partial charge in [0, 0.05) is 18.8 Å². The Labute approximate surface area is 114 Å². The summed E-state index contributed by atoms with van der Waals surface area (Å²) in [6, 6.07) is 0.277. The average Bonchev–Trinajstić information content (AvgIpc) is 2.74. The van der Waals surface area contributed by atoms with E-state index < -0.39 is 0 Å². The van der Waals surface area contributed by atoms with E-state index >= 15 is 0 Å². The highest BCUT2D eigenvalue weighted by molar-refractivity contribution is 5.97. The molecule has 1 aliphatic rings. The molecular formula is C14H24N4O. The number of rotatable bonds is 3. The number of anilines is 1. The summed E-state index contributed by atoms with van der Waals surface area (Å²) < 4.78 is 1.70. The van der Waals surface area contributed by atoms with Crippen LogP contribution in [0.5, 0.6) is 0 Å². The Morgan fingerprint density at radius 1 is 1.37 bits per heavy atom. The Kier molecular flexibility index (Phi) is 4.82. The van der Waals surface area contributed by atoms with Gasteiger partial charge in [0.2, 0.25) is 0 Å². The first kappa shape index (κ1) is 13.9. The minimum Gasteiger partial charge on any atom is -0.396 e. The normalized spacial score (nSPS) is 17.7. The lowest BCUT2D eigenvalue weighted by atomic mass is 9.96. The van der Waals surface area contributed by atoms with Gasteiger partial charge in [-0.1, -0.05) is 32.1 Å². The predicted octanol–water partition coefficient (Wildman–Crippen LogP) is 2.33. The molecule has 1 aromatic rings. The van der Waals surface area contributed by atoms with Crippen molar-refractivity contribution in [3.05, 3.63) is 11.9 Å². The summed E-state index contributed by atoms with van der Waals surface area (Å²) in [5.74, 6) is -0.129. The zero-order chi connectivity index (χ0) is 13.7. The molecule has 0 radical (unpaired) electrons. The maximum atomic E-state index is 12.2. The third-order valence-electron chi connectivity index (χ3n) is 3.77. The van der Waals surface area contributed by atoms with Crippen LogP contribution in [0, 0.1) is 0 Å². The molecule has 0 atom stereocenters. The summed E-state index contributed by atoms with van der Waals surface area (Å²) >= 11 is 0. The fourth-order valence-electron chi connectivity index (χ4n) is 2.63. The van der Waals surface area contributed by atoms with Gasteiger partial charge >= 0.3 is 0 Å². The second-order valence-corrected chi connectivity index (χ2v) is 5.30. The van der Waals surface area contributed by atoms with Crippen molar-refractivity contribution in [2.24, 2.45) is 0 Å². The number of nitrogens with one attached hydrogen (secondary N) is 1. The first-order chi connectivity index (χ1) is 9.20. The SMILES string of the molecule is CCn1cc(N)c(C(=O)NC2CCCCCCC2)n1. The predicted molar refractivity (Wildman–Crippen MR) is 75.9 cm³/mol. The van der Waals surface area contributed by atoms with Gasteiger partial charge in [0.05, 0.1) is 5.69 Å². The second-order valence-electron chi connectivity index (χ2n) is 5.30. The molecule has 0 aliphatic heterocycles. The molecule has 3 N–H and O–H groups in total. The van der Waals surface area contributed by atoms with Crippen LogP contribution >= 0.6 is 0 Å². The minimum absolute atomic E-state index is 0.129. The third kappa shape index (κ3) is 3.72. The summed E-state index contributed by atoms with van der Waals surface area (Å²) in [5, 5.41) is 7.30. The highest BCUT2D eigenvalue weighted by Gasteiger charge is 2.19. The maximum Gasteiger partial charge on any atom is 0.274 e. The molecule has 2 rings (SSSR count). The number of aromatic nitrogens is 2. The molecular weight excluding hydrogens is 240 g/mol. The van der Waals surface area contributed by atoms with Crippen molar-refractivity contribution >= 4 is 11.6 Å². The highest BCUT2D eigenvalue weighted by atomic mass is 16.2. The number of carbonyl (C=O) groups is 1. The summed E-state index contributed by atoms with van der Waals surface area (Å²) in [6.45, 7) is 2.70. The summed E-state index contributed by atoms with van der Waals surface area (Å²) in [7, 11) is 0. The molecule has 1 aliphatic carbocycles. The molecule has 106 valence electrons. The van der Waals surface area contributed by atoms with Crippen LogP contribution in [0.2, 0.25) is 0 Å². The molecule has 1 aromatic heterocycles. The number of aryl methyl sites for hydroxylation is 1. The zero-order valence-electron chi connectivity index (χ0n) is 11.7. The van der Waals surface area contributed by atoms with Crippen LogP contribution < -0.4 is 11.1 Å². The zero-order valence-corrected chi connectivity index (χ0v) is 11.7. The Morgan fingerprint density at radius 3 is 2.58 bits per heavy atom. The fourth-order valence-corrected chi connectivity index (χ4v) is 2.63. The molecule has 5 heteroatoms. The number of hydrogen-bond acceptors (Lipinski definition) is 3. The van der Waals surface area contributed by atoms with Crippen LogP contribution in [0.4, 0.5) is 5.69 Å². The van der Waals surface area contributed by atoms with E-state index in [-0.39, 0.29) is 11.9 Å². The number of nitrogens with two attached hydrogens (primary N) is 1. The Balaban J connectivity index is 1.96. The van der Waals surface area contributed by atoms with Crippen molar-refractivity contribution in [3.8, 4) is 0 Å². The maximum absolute atomic E-state index is 12.2. The Morgan fingerprint density at radius 2 is 2.00 bits per heavy atom. The second kappa shape index (κ2) is 6.59. The van der Waals surface area contributed by atoms with Gasteiger partial charge in [-0.25, -0.2) is 0 Å². The molecule has 1 fully saturated rings. The van der Waals surface area contributed by atoms with Gasteiger partial charge in [-0.3, -0.25) is 9.48 Å². The van der Waals surface area contributed by atoms with Gasteiger partial charge in [0.1, 0.15) is 0 Å². The molecule has 0 bridgehead atoms. The molecule has 0 spiro atoms. The summed E-state index contributed by atoms with van der Waals surface area (Å²) in [5.41, 5.74) is 6.66. The van der Waals surface area contributed by atoms with Crippen molar-refractivity contribution in [3.63, 3.8) is 0 Å². The van der Waals surface area contributed by atoms with Crippen LogP contribution in [-0.4, -0.2) is 21.7 Å². The van der Waals surface area contributed by atoms with Gasteiger partial charge in [-0.2, -0.15) is 5.10 Å². The van der Waals surface area contributed by atoms with Gasteiger partial charge < -0.3 is 11.1 Å². The van der Waals surface area contributed by atoms with Gasteiger partial charge in [0.15, 0.2) is 5.69 Å². The van der Waals surface area contributed by atoms with Crippen LogP contribution in [0.15, 0.2) is 6.20 Å². The van der Waals surface area contributed by atoms with Crippen LogP contribution in [-0.2, 0) is 6.54 Å². The summed E-state index contributed by atoms with van der Waals surface area (Å²) in [6.07, 6.45) is 10.1. The quantitative estimate of drug-likeness (QED) is 0.880. The van der Waals surface area contributed by atoms with Gasteiger partial charge in [-0.05, 0) is 19.8 Å². The standard InChI is InChI=1S/C14H24N4O/c1-2-18-10-12(15)13(17-18)14(19)16-11-8-6-4-3-5-7-9-11/h10-11H,2-9,15H2,1H3,(H,16,19). The first-order valence-corrected chi connectivity index (χ1v) is 7.34. The third-order valence-corrected chi connectivity index (χ3v) is 3.77.